The van der Waals surface area contributed by atoms with Crippen molar-refractivity contribution >= 4 is 11.9 Å². The molecule has 126 valence electrons. The first kappa shape index (κ1) is 16.1. The molecule has 2 aliphatic carbocycles. The van der Waals surface area contributed by atoms with Crippen molar-refractivity contribution in [1.82, 2.24) is 5.32 Å². The summed E-state index contributed by atoms with van der Waals surface area (Å²) < 4.78 is 5.41. The van der Waals surface area contributed by atoms with Gasteiger partial charge < -0.3 is 20.3 Å². The lowest BCUT2D eigenvalue weighted by Crippen LogP contribution is -2.51. The monoisotopic (exact) mass is 329 g/mol. The van der Waals surface area contributed by atoms with Gasteiger partial charge in [0.25, 0.3) is 0 Å². The van der Waals surface area contributed by atoms with Crippen LogP contribution in [-0.4, -0.2) is 35.3 Å². The Balaban J connectivity index is 2.31. The fraction of sp³-hybridized carbons (Fsp3) is 0.333. The van der Waals surface area contributed by atoms with E-state index in [2.05, 4.69) is 11.9 Å². The van der Waals surface area contributed by atoms with Gasteiger partial charge in [-0.2, -0.15) is 0 Å². The predicted octanol–water partition coefficient (Wildman–Crippen LogP) is 1.85. The maximum atomic E-state index is 11.9. The Morgan fingerprint density at radius 2 is 2.00 bits per heavy atom. The van der Waals surface area contributed by atoms with E-state index in [1.165, 1.54) is 7.11 Å². The smallest absolute Gasteiger partial charge is 0.339 e. The van der Waals surface area contributed by atoms with Crippen molar-refractivity contribution in [2.45, 2.75) is 13.0 Å². The summed E-state index contributed by atoms with van der Waals surface area (Å²) in [6, 6.07) is -0.325. The summed E-state index contributed by atoms with van der Waals surface area (Å²) in [5, 5.41) is 22.5. The van der Waals surface area contributed by atoms with Crippen molar-refractivity contribution < 1.29 is 24.5 Å². The second-order valence-corrected chi connectivity index (χ2v) is 6.15. The van der Waals surface area contributed by atoms with Crippen LogP contribution in [0.3, 0.4) is 0 Å². The molecule has 0 aromatic carbocycles. The van der Waals surface area contributed by atoms with E-state index in [-0.39, 0.29) is 23.3 Å². The summed E-state index contributed by atoms with van der Waals surface area (Å²) in [6.45, 7) is 5.77. The molecule has 6 nitrogen and oxygen atoms in total. The van der Waals surface area contributed by atoms with E-state index >= 15 is 0 Å². The minimum Gasteiger partial charge on any atom is -0.495 e. The maximum absolute atomic E-state index is 11.9. The molecule has 1 saturated heterocycles. The Kier molecular flexibility index (Phi) is 3.83. The summed E-state index contributed by atoms with van der Waals surface area (Å²) in [7, 11) is 1.40. The van der Waals surface area contributed by atoms with E-state index in [1.807, 2.05) is 12.2 Å². The zero-order valence-electron chi connectivity index (χ0n) is 13.4. The third-order valence-corrected chi connectivity index (χ3v) is 4.90. The number of rotatable bonds is 3. The lowest BCUT2D eigenvalue weighted by molar-refractivity contribution is -0.145. The number of carboxylic acid groups (broad SMARTS) is 2. The highest BCUT2D eigenvalue weighted by atomic mass is 16.5. The largest absolute Gasteiger partial charge is 0.495 e. The summed E-state index contributed by atoms with van der Waals surface area (Å²) in [5.41, 5.74) is 1.69. The number of allylic oxidation sites excluding steroid dienone is 6. The average Bonchev–Trinajstić information content (AvgIpc) is 2.52. The Morgan fingerprint density at radius 3 is 2.58 bits per heavy atom. The molecular formula is C18H19NO5. The molecule has 3 aliphatic rings. The van der Waals surface area contributed by atoms with Gasteiger partial charge in [0.2, 0.25) is 0 Å². The van der Waals surface area contributed by atoms with Gasteiger partial charge in [0.15, 0.2) is 0 Å². The van der Waals surface area contributed by atoms with Crippen molar-refractivity contribution in [3.8, 4) is 0 Å². The van der Waals surface area contributed by atoms with Crippen LogP contribution in [0.15, 0.2) is 59.1 Å². The first-order chi connectivity index (χ1) is 11.4. The molecule has 1 heterocycles. The van der Waals surface area contributed by atoms with Crippen LogP contribution in [0.4, 0.5) is 0 Å². The van der Waals surface area contributed by atoms with Gasteiger partial charge in [0.1, 0.15) is 11.3 Å². The number of hydrogen-bond donors (Lipinski definition) is 3. The van der Waals surface area contributed by atoms with E-state index < -0.39 is 23.8 Å². The van der Waals surface area contributed by atoms with Crippen LogP contribution in [0.2, 0.25) is 0 Å². The zero-order valence-corrected chi connectivity index (χ0v) is 13.4. The first-order valence-corrected chi connectivity index (χ1v) is 7.68. The van der Waals surface area contributed by atoms with Gasteiger partial charge in [-0.3, -0.25) is 4.79 Å². The maximum Gasteiger partial charge on any atom is 0.339 e. The number of nitrogens with one attached hydrogen (secondary N) is 1. The Bertz CT molecular complexity index is 755. The molecule has 0 aromatic heterocycles. The number of ether oxygens (including phenoxy) is 1. The third-order valence-electron chi connectivity index (χ3n) is 4.90. The molecule has 1 aliphatic heterocycles. The highest BCUT2D eigenvalue weighted by molar-refractivity contribution is 5.94. The third kappa shape index (κ3) is 2.18. The van der Waals surface area contributed by atoms with Gasteiger partial charge in [-0.1, -0.05) is 30.9 Å². The van der Waals surface area contributed by atoms with Crippen molar-refractivity contribution in [3.05, 3.63) is 59.1 Å². The van der Waals surface area contributed by atoms with Crippen LogP contribution in [0.1, 0.15) is 6.92 Å². The standard InChI is InChI=1S/C18H19NO5/c1-8-12-14(13(17(20)21)9(2)19-8)10-6-4-5-7-11(10)15(18(22)23)16(12)24-3/h4-7,9-10,13-14,19H,1H2,2-3H3,(H,20,21)(H,22,23). The summed E-state index contributed by atoms with van der Waals surface area (Å²) in [5.74, 6) is -3.33. The van der Waals surface area contributed by atoms with Crippen molar-refractivity contribution in [1.29, 1.82) is 0 Å². The minimum absolute atomic E-state index is 0.0657. The highest BCUT2D eigenvalue weighted by Gasteiger charge is 2.50. The first-order valence-electron chi connectivity index (χ1n) is 7.68. The number of carbonyl (C=O) groups is 2. The molecule has 0 aromatic rings. The van der Waals surface area contributed by atoms with Crippen molar-refractivity contribution in [2.24, 2.45) is 17.8 Å². The lowest BCUT2D eigenvalue weighted by Gasteiger charge is -2.45. The lowest BCUT2D eigenvalue weighted by atomic mass is 9.63. The van der Waals surface area contributed by atoms with E-state index in [9.17, 15) is 19.8 Å². The van der Waals surface area contributed by atoms with Crippen LogP contribution < -0.4 is 5.32 Å². The van der Waals surface area contributed by atoms with Gasteiger partial charge in [-0.25, -0.2) is 4.79 Å². The van der Waals surface area contributed by atoms with Gasteiger partial charge >= 0.3 is 11.9 Å². The average molecular weight is 329 g/mol. The Labute approximate surface area is 139 Å². The minimum atomic E-state index is -1.10. The number of methoxy groups -OCH3 is 1. The van der Waals surface area contributed by atoms with Crippen LogP contribution >= 0.6 is 0 Å². The quantitative estimate of drug-likeness (QED) is 0.731. The van der Waals surface area contributed by atoms with Gasteiger partial charge in [-0.05, 0) is 12.5 Å². The molecule has 3 rings (SSSR count). The SMILES string of the molecule is C=C1NC(C)C(C(=O)O)C2C1=C(OC)C(C(=O)O)=C1C=CC=CC12. The van der Waals surface area contributed by atoms with Crippen LogP contribution in [-0.2, 0) is 14.3 Å². The summed E-state index contributed by atoms with van der Waals surface area (Å²) >= 11 is 0. The van der Waals surface area contributed by atoms with Gasteiger partial charge in [-0.15, -0.1) is 0 Å². The normalized spacial score (nSPS) is 31.3. The second kappa shape index (κ2) is 5.70. The fourth-order valence-corrected chi connectivity index (χ4v) is 4.01. The molecule has 4 unspecified atom stereocenters. The highest BCUT2D eigenvalue weighted by Crippen LogP contribution is 2.49. The predicted molar refractivity (Wildman–Crippen MR) is 86.8 cm³/mol. The number of hydrogen-bond acceptors (Lipinski definition) is 4. The molecule has 3 N–H and O–H groups in total. The van der Waals surface area contributed by atoms with Gasteiger partial charge in [0.05, 0.1) is 13.0 Å². The van der Waals surface area contributed by atoms with Crippen molar-refractivity contribution in [2.75, 3.05) is 7.11 Å². The molecule has 0 spiro atoms. The molecule has 0 radical (unpaired) electrons. The molecule has 0 amide bonds. The molecule has 1 fully saturated rings. The van der Waals surface area contributed by atoms with E-state index in [0.29, 0.717) is 16.8 Å². The number of fused-ring (bicyclic) bond motifs is 3. The van der Waals surface area contributed by atoms with Crippen LogP contribution in [0.25, 0.3) is 0 Å². The fourth-order valence-electron chi connectivity index (χ4n) is 4.01. The Hall–Kier alpha value is -2.76. The summed E-state index contributed by atoms with van der Waals surface area (Å²) in [4.78, 5) is 23.7. The molecule has 6 heteroatoms. The molecule has 0 bridgehead atoms. The van der Waals surface area contributed by atoms with E-state index in [0.717, 1.165) is 0 Å². The van der Waals surface area contributed by atoms with Gasteiger partial charge in [0, 0.05) is 29.1 Å². The Morgan fingerprint density at radius 1 is 1.29 bits per heavy atom. The molecule has 0 saturated carbocycles. The second-order valence-electron chi connectivity index (χ2n) is 6.15. The van der Waals surface area contributed by atoms with Crippen LogP contribution in [0, 0.1) is 17.8 Å². The molecule has 24 heavy (non-hydrogen) atoms. The molecule has 4 atom stereocenters. The number of carboxylic acids is 2. The van der Waals surface area contributed by atoms with Crippen LogP contribution in [0.5, 0.6) is 0 Å². The topological polar surface area (TPSA) is 95.9 Å². The number of piperidine rings is 1. The molecular weight excluding hydrogens is 310 g/mol. The zero-order chi connectivity index (χ0) is 17.6. The van der Waals surface area contributed by atoms with Crippen molar-refractivity contribution in [3.63, 3.8) is 0 Å². The van der Waals surface area contributed by atoms with E-state index in [4.69, 9.17) is 4.74 Å². The number of aliphatic carboxylic acids is 2. The van der Waals surface area contributed by atoms with E-state index in [1.54, 1.807) is 19.1 Å². The summed E-state index contributed by atoms with van der Waals surface area (Å²) in [6.07, 6.45) is 7.15.